The highest BCUT2D eigenvalue weighted by Crippen LogP contribution is 2.20. The molecule has 4 nitrogen and oxygen atoms in total. The lowest BCUT2D eigenvalue weighted by atomic mass is 10.1. The number of halogens is 1. The van der Waals surface area contributed by atoms with Crippen molar-refractivity contribution < 1.29 is 9.59 Å². The molecule has 3 rings (SSSR count). The number of carbonyl (C=O) groups excluding carboxylic acids is 2. The van der Waals surface area contributed by atoms with E-state index in [0.29, 0.717) is 27.9 Å². The van der Waals surface area contributed by atoms with Crippen molar-refractivity contribution in [2.24, 2.45) is 0 Å². The first-order chi connectivity index (χ1) is 10.6. The SMILES string of the molecule is O=C(Nc1ccc(C(=O)NC2CC2)cc1)c1cccc(Cl)c1. The third-order valence-electron chi connectivity index (χ3n) is 3.40. The van der Waals surface area contributed by atoms with Crippen LogP contribution in [0.3, 0.4) is 0 Å². The molecular formula is C17H15ClN2O2. The zero-order valence-electron chi connectivity index (χ0n) is 11.8. The molecule has 0 bridgehead atoms. The fraction of sp³-hybridized carbons (Fsp3) is 0.176. The van der Waals surface area contributed by atoms with Crippen LogP contribution >= 0.6 is 11.6 Å². The largest absolute Gasteiger partial charge is 0.349 e. The average molecular weight is 315 g/mol. The van der Waals surface area contributed by atoms with E-state index in [2.05, 4.69) is 10.6 Å². The Kier molecular flexibility index (Phi) is 4.11. The van der Waals surface area contributed by atoms with Gasteiger partial charge in [-0.3, -0.25) is 9.59 Å². The first-order valence-electron chi connectivity index (χ1n) is 7.10. The predicted molar refractivity (Wildman–Crippen MR) is 86.3 cm³/mol. The number of carbonyl (C=O) groups is 2. The highest BCUT2D eigenvalue weighted by atomic mass is 35.5. The van der Waals surface area contributed by atoms with Crippen LogP contribution < -0.4 is 10.6 Å². The fourth-order valence-electron chi connectivity index (χ4n) is 2.03. The Labute approximate surface area is 133 Å². The highest BCUT2D eigenvalue weighted by Gasteiger charge is 2.23. The molecular weight excluding hydrogens is 300 g/mol. The van der Waals surface area contributed by atoms with Gasteiger partial charge in [-0.15, -0.1) is 0 Å². The van der Waals surface area contributed by atoms with E-state index in [9.17, 15) is 9.59 Å². The number of amides is 2. The number of hydrogen-bond donors (Lipinski definition) is 2. The van der Waals surface area contributed by atoms with Gasteiger partial charge in [0, 0.05) is 27.9 Å². The maximum Gasteiger partial charge on any atom is 0.255 e. The third-order valence-corrected chi connectivity index (χ3v) is 3.64. The van der Waals surface area contributed by atoms with Crippen molar-refractivity contribution in [2.45, 2.75) is 18.9 Å². The van der Waals surface area contributed by atoms with Crippen molar-refractivity contribution in [1.29, 1.82) is 0 Å². The van der Waals surface area contributed by atoms with Gasteiger partial charge in [0.2, 0.25) is 0 Å². The molecule has 1 aliphatic rings. The van der Waals surface area contributed by atoms with Crippen molar-refractivity contribution in [3.63, 3.8) is 0 Å². The molecule has 0 aromatic heterocycles. The van der Waals surface area contributed by atoms with Gasteiger partial charge in [-0.1, -0.05) is 17.7 Å². The lowest BCUT2D eigenvalue weighted by Gasteiger charge is -2.07. The second-order valence-electron chi connectivity index (χ2n) is 5.29. The first-order valence-corrected chi connectivity index (χ1v) is 7.47. The minimum absolute atomic E-state index is 0.0739. The monoisotopic (exact) mass is 314 g/mol. The number of nitrogens with one attached hydrogen (secondary N) is 2. The standard InChI is InChI=1S/C17H15ClN2O2/c18-13-3-1-2-12(10-13)17(22)20-14-6-4-11(5-7-14)16(21)19-15-8-9-15/h1-7,10,15H,8-9H2,(H,19,21)(H,20,22). The summed E-state index contributed by atoms with van der Waals surface area (Å²) in [5.41, 5.74) is 1.71. The summed E-state index contributed by atoms with van der Waals surface area (Å²) in [5.74, 6) is -0.312. The molecule has 1 aliphatic carbocycles. The molecule has 2 aromatic rings. The van der Waals surface area contributed by atoms with Crippen LogP contribution in [0.5, 0.6) is 0 Å². The molecule has 0 unspecified atom stereocenters. The number of anilines is 1. The average Bonchev–Trinajstić information content (AvgIpc) is 3.32. The Bertz CT molecular complexity index is 709. The predicted octanol–water partition coefficient (Wildman–Crippen LogP) is 3.48. The Morgan fingerprint density at radius 3 is 2.32 bits per heavy atom. The highest BCUT2D eigenvalue weighted by molar-refractivity contribution is 6.31. The van der Waals surface area contributed by atoms with Crippen LogP contribution in [-0.2, 0) is 0 Å². The van der Waals surface area contributed by atoms with E-state index in [1.165, 1.54) is 0 Å². The van der Waals surface area contributed by atoms with E-state index in [4.69, 9.17) is 11.6 Å². The van der Waals surface area contributed by atoms with Gasteiger partial charge in [-0.25, -0.2) is 0 Å². The van der Waals surface area contributed by atoms with Gasteiger partial charge in [0.1, 0.15) is 0 Å². The summed E-state index contributed by atoms with van der Waals surface area (Å²) < 4.78 is 0. The lowest BCUT2D eigenvalue weighted by Crippen LogP contribution is -2.25. The van der Waals surface area contributed by atoms with Crippen LogP contribution in [-0.4, -0.2) is 17.9 Å². The van der Waals surface area contributed by atoms with E-state index < -0.39 is 0 Å². The quantitative estimate of drug-likeness (QED) is 0.907. The fourth-order valence-corrected chi connectivity index (χ4v) is 2.22. The van der Waals surface area contributed by atoms with E-state index in [1.54, 1.807) is 48.5 Å². The number of benzene rings is 2. The Hall–Kier alpha value is -2.33. The van der Waals surface area contributed by atoms with Crippen molar-refractivity contribution in [2.75, 3.05) is 5.32 Å². The summed E-state index contributed by atoms with van der Waals surface area (Å²) in [7, 11) is 0. The molecule has 2 N–H and O–H groups in total. The smallest absolute Gasteiger partial charge is 0.255 e. The summed E-state index contributed by atoms with van der Waals surface area (Å²) in [6.45, 7) is 0. The summed E-state index contributed by atoms with van der Waals surface area (Å²) in [6.07, 6.45) is 2.11. The Morgan fingerprint density at radius 2 is 1.68 bits per heavy atom. The van der Waals surface area contributed by atoms with Crippen LogP contribution in [0.2, 0.25) is 5.02 Å². The normalized spacial score (nSPS) is 13.5. The van der Waals surface area contributed by atoms with Gasteiger partial charge < -0.3 is 10.6 Å². The molecule has 2 aromatic carbocycles. The molecule has 1 fully saturated rings. The van der Waals surface area contributed by atoms with Crippen LogP contribution in [0.15, 0.2) is 48.5 Å². The van der Waals surface area contributed by atoms with E-state index in [-0.39, 0.29) is 11.8 Å². The summed E-state index contributed by atoms with van der Waals surface area (Å²) >= 11 is 5.87. The van der Waals surface area contributed by atoms with Gasteiger partial charge >= 0.3 is 0 Å². The summed E-state index contributed by atoms with van der Waals surface area (Å²) in [6, 6.07) is 13.9. The van der Waals surface area contributed by atoms with Gasteiger partial charge in [-0.2, -0.15) is 0 Å². The van der Waals surface area contributed by atoms with E-state index in [1.807, 2.05) is 0 Å². The molecule has 1 saturated carbocycles. The zero-order valence-corrected chi connectivity index (χ0v) is 12.6. The Balaban J connectivity index is 1.65. The second-order valence-corrected chi connectivity index (χ2v) is 5.73. The minimum Gasteiger partial charge on any atom is -0.349 e. The zero-order chi connectivity index (χ0) is 15.5. The van der Waals surface area contributed by atoms with Crippen LogP contribution in [0.4, 0.5) is 5.69 Å². The molecule has 2 amide bonds. The molecule has 112 valence electrons. The van der Waals surface area contributed by atoms with Crippen molar-refractivity contribution in [3.05, 3.63) is 64.7 Å². The number of hydrogen-bond acceptors (Lipinski definition) is 2. The maximum absolute atomic E-state index is 12.1. The molecule has 0 spiro atoms. The molecule has 0 aliphatic heterocycles. The van der Waals surface area contributed by atoms with E-state index >= 15 is 0 Å². The summed E-state index contributed by atoms with van der Waals surface area (Å²) in [5, 5.41) is 6.21. The van der Waals surface area contributed by atoms with Gasteiger partial charge in [0.25, 0.3) is 11.8 Å². The lowest BCUT2D eigenvalue weighted by molar-refractivity contribution is 0.0950. The summed E-state index contributed by atoms with van der Waals surface area (Å²) in [4.78, 5) is 24.0. The maximum atomic E-state index is 12.1. The molecule has 0 radical (unpaired) electrons. The molecule has 0 heterocycles. The minimum atomic E-state index is -0.238. The van der Waals surface area contributed by atoms with Crippen molar-refractivity contribution in [3.8, 4) is 0 Å². The second kappa shape index (κ2) is 6.20. The first kappa shape index (κ1) is 14.6. The van der Waals surface area contributed by atoms with Crippen molar-refractivity contribution in [1.82, 2.24) is 5.32 Å². The number of rotatable bonds is 4. The molecule has 22 heavy (non-hydrogen) atoms. The van der Waals surface area contributed by atoms with Crippen molar-refractivity contribution >= 4 is 29.1 Å². The third kappa shape index (κ3) is 3.65. The van der Waals surface area contributed by atoms with Crippen LogP contribution in [0.1, 0.15) is 33.6 Å². The molecule has 5 heteroatoms. The van der Waals surface area contributed by atoms with Gasteiger partial charge in [0.15, 0.2) is 0 Å². The van der Waals surface area contributed by atoms with Gasteiger partial charge in [0.05, 0.1) is 0 Å². The molecule has 0 atom stereocenters. The van der Waals surface area contributed by atoms with E-state index in [0.717, 1.165) is 12.8 Å². The Morgan fingerprint density at radius 1 is 0.955 bits per heavy atom. The van der Waals surface area contributed by atoms with Gasteiger partial charge in [-0.05, 0) is 55.3 Å². The molecule has 0 saturated heterocycles. The van der Waals surface area contributed by atoms with Crippen LogP contribution in [0.25, 0.3) is 0 Å². The topological polar surface area (TPSA) is 58.2 Å². The van der Waals surface area contributed by atoms with Crippen LogP contribution in [0, 0.1) is 0 Å².